The Morgan fingerprint density at radius 3 is 1.64 bits per heavy atom. The van der Waals surface area contributed by atoms with E-state index in [0.29, 0.717) is 11.1 Å². The Bertz CT molecular complexity index is 1120. The van der Waals surface area contributed by atoms with Gasteiger partial charge in [0, 0.05) is 27.7 Å². The van der Waals surface area contributed by atoms with Gasteiger partial charge >= 0.3 is 11.9 Å². The number of hydrogen-bond donors (Lipinski definition) is 9. The number of H-pyrrole nitrogens is 1. The average Bonchev–Trinajstić information content (AvgIpc) is 3.18. The van der Waals surface area contributed by atoms with E-state index in [1.165, 1.54) is 13.8 Å². The van der Waals surface area contributed by atoms with E-state index in [-0.39, 0.29) is 11.7 Å². The highest BCUT2D eigenvalue weighted by atomic mass is 16.4. The molecule has 11 heteroatoms. The number of aromatic nitrogens is 1. The number of hydrogen-bond acceptors (Lipinski definition) is 6. The van der Waals surface area contributed by atoms with Gasteiger partial charge in [-0.05, 0) is 31.5 Å². The lowest BCUT2D eigenvalue weighted by Crippen LogP contribution is -2.13. The van der Waals surface area contributed by atoms with Crippen LogP contribution >= 0.6 is 0 Å². The second kappa shape index (κ2) is 12.0. The van der Waals surface area contributed by atoms with Crippen LogP contribution in [0.1, 0.15) is 25.0 Å². The van der Waals surface area contributed by atoms with Crippen LogP contribution in [0.25, 0.3) is 22.2 Å². The van der Waals surface area contributed by atoms with Crippen LogP contribution in [-0.2, 0) is 9.59 Å². The fourth-order valence-electron chi connectivity index (χ4n) is 2.28. The highest BCUT2D eigenvalue weighted by molar-refractivity contribution is 5.99. The Morgan fingerprint density at radius 2 is 1.24 bits per heavy atom. The van der Waals surface area contributed by atoms with Crippen LogP contribution in [0.15, 0.2) is 48.5 Å². The Kier molecular flexibility index (Phi) is 9.73. The summed E-state index contributed by atoms with van der Waals surface area (Å²) in [5.74, 6) is -2.26. The summed E-state index contributed by atoms with van der Waals surface area (Å²) in [6.07, 6.45) is -2.46. The third kappa shape index (κ3) is 8.44. The van der Waals surface area contributed by atoms with Crippen LogP contribution < -0.4 is 11.5 Å². The van der Waals surface area contributed by atoms with Gasteiger partial charge in [0.2, 0.25) is 0 Å². The molecule has 0 saturated carbocycles. The molecule has 11 N–H and O–H groups in total. The first-order chi connectivity index (χ1) is 15.3. The van der Waals surface area contributed by atoms with Crippen LogP contribution in [0, 0.1) is 10.8 Å². The number of nitrogens with one attached hydrogen (secondary N) is 3. The zero-order valence-corrected chi connectivity index (χ0v) is 18.0. The van der Waals surface area contributed by atoms with E-state index in [4.69, 9.17) is 42.7 Å². The van der Waals surface area contributed by atoms with Crippen molar-refractivity contribution in [2.75, 3.05) is 0 Å². The molecule has 2 atom stereocenters. The van der Waals surface area contributed by atoms with Crippen LogP contribution in [0.3, 0.4) is 0 Å². The monoisotopic (exact) mass is 457 g/mol. The highest BCUT2D eigenvalue weighted by Gasteiger charge is 2.06. The maximum atomic E-state index is 9.45. The number of aliphatic hydroxyl groups excluding tert-OH is 2. The first kappa shape index (κ1) is 26.8. The average molecular weight is 457 g/mol. The molecular formula is C22H27N5O6. The van der Waals surface area contributed by atoms with Crippen molar-refractivity contribution in [1.29, 1.82) is 10.8 Å². The third-order valence-corrected chi connectivity index (χ3v) is 4.16. The summed E-state index contributed by atoms with van der Waals surface area (Å²) >= 11 is 0. The molecule has 0 aliphatic carbocycles. The number of carboxylic acids is 2. The molecule has 3 aromatic rings. The second-order valence-corrected chi connectivity index (χ2v) is 6.92. The number of benzene rings is 2. The summed E-state index contributed by atoms with van der Waals surface area (Å²) in [6, 6.07) is 15.2. The van der Waals surface area contributed by atoms with E-state index in [1.54, 1.807) is 0 Å². The van der Waals surface area contributed by atoms with E-state index in [1.807, 2.05) is 48.5 Å². The molecule has 0 amide bonds. The minimum Gasteiger partial charge on any atom is -0.479 e. The molecule has 0 bridgehead atoms. The van der Waals surface area contributed by atoms with Crippen LogP contribution in [0.2, 0.25) is 0 Å². The molecule has 176 valence electrons. The van der Waals surface area contributed by atoms with Crippen molar-refractivity contribution in [3.05, 3.63) is 59.7 Å². The van der Waals surface area contributed by atoms with Crippen LogP contribution in [-0.4, -0.2) is 61.2 Å². The number of aliphatic hydroxyl groups is 2. The van der Waals surface area contributed by atoms with Gasteiger partial charge in [-0.3, -0.25) is 10.8 Å². The first-order valence-electron chi connectivity index (χ1n) is 9.57. The quantitative estimate of drug-likeness (QED) is 0.200. The number of amidine groups is 2. The van der Waals surface area contributed by atoms with Crippen molar-refractivity contribution in [3.8, 4) is 11.3 Å². The molecular weight excluding hydrogens is 430 g/mol. The number of aromatic amines is 1. The Hall–Kier alpha value is -4.22. The zero-order valence-electron chi connectivity index (χ0n) is 18.0. The molecule has 0 radical (unpaired) electrons. The second-order valence-electron chi connectivity index (χ2n) is 6.92. The van der Waals surface area contributed by atoms with Crippen LogP contribution in [0.5, 0.6) is 0 Å². The summed E-state index contributed by atoms with van der Waals surface area (Å²) in [4.78, 5) is 22.2. The molecule has 33 heavy (non-hydrogen) atoms. The lowest BCUT2D eigenvalue weighted by molar-refractivity contribution is -0.146. The molecule has 0 aliphatic heterocycles. The zero-order chi connectivity index (χ0) is 25.3. The number of carbonyl (C=O) groups is 2. The molecule has 1 heterocycles. The number of carboxylic acid groups (broad SMARTS) is 2. The number of nitrogen functional groups attached to an aromatic ring is 2. The molecule has 2 unspecified atom stereocenters. The number of aliphatic carboxylic acids is 2. The summed E-state index contributed by atoms with van der Waals surface area (Å²) in [5, 5.41) is 47.5. The highest BCUT2D eigenvalue weighted by Crippen LogP contribution is 2.25. The van der Waals surface area contributed by atoms with Gasteiger partial charge in [0.05, 0.1) is 0 Å². The number of rotatable bonds is 5. The number of nitrogens with two attached hydrogens (primary N) is 2. The topological polar surface area (TPSA) is 231 Å². The SMILES string of the molecule is CC(O)C(=O)O.CC(O)C(=O)O.N=C(N)c1ccc(-c2cc3ccc(C(=N)N)cc3[nH]2)cc1. The normalized spacial score (nSPS) is 11.8. The van der Waals surface area contributed by atoms with Crippen molar-refractivity contribution in [2.45, 2.75) is 26.1 Å². The van der Waals surface area contributed by atoms with Gasteiger partial charge < -0.3 is 36.9 Å². The van der Waals surface area contributed by atoms with Crippen molar-refractivity contribution < 1.29 is 30.0 Å². The minimum atomic E-state index is -1.23. The molecule has 0 saturated heterocycles. The van der Waals surface area contributed by atoms with E-state index in [2.05, 4.69) is 4.98 Å². The van der Waals surface area contributed by atoms with Gasteiger partial charge in [0.25, 0.3) is 0 Å². The smallest absolute Gasteiger partial charge is 0.332 e. The molecule has 0 aliphatic rings. The number of fused-ring (bicyclic) bond motifs is 1. The fourth-order valence-corrected chi connectivity index (χ4v) is 2.28. The Labute approximate surface area is 189 Å². The molecule has 1 aromatic heterocycles. The van der Waals surface area contributed by atoms with Crippen molar-refractivity contribution >= 4 is 34.5 Å². The van der Waals surface area contributed by atoms with Gasteiger partial charge in [0.1, 0.15) is 23.9 Å². The maximum absolute atomic E-state index is 9.45. The summed E-state index contributed by atoms with van der Waals surface area (Å²) < 4.78 is 0. The first-order valence-corrected chi connectivity index (χ1v) is 9.57. The predicted octanol–water partition coefficient (Wildman–Crippen LogP) is 1.31. The standard InChI is InChI=1S/C16H15N5.2C3H6O3/c17-15(18)10-3-1-9(2-4-10)13-7-11-5-6-12(16(19)20)8-14(11)21-13;2*1-2(4)3(5)6/h1-8,21H,(H3,17,18)(H3,19,20);2*2,4H,1H3,(H,5,6). The Morgan fingerprint density at radius 1 is 0.818 bits per heavy atom. The molecule has 0 fully saturated rings. The Balaban J connectivity index is 0.000000377. The van der Waals surface area contributed by atoms with E-state index in [9.17, 15) is 9.59 Å². The van der Waals surface area contributed by atoms with Crippen molar-refractivity contribution in [1.82, 2.24) is 4.98 Å². The van der Waals surface area contributed by atoms with Crippen molar-refractivity contribution in [3.63, 3.8) is 0 Å². The summed E-state index contributed by atoms with van der Waals surface area (Å²) in [6.45, 7) is 2.39. The van der Waals surface area contributed by atoms with E-state index < -0.39 is 24.1 Å². The lowest BCUT2D eigenvalue weighted by atomic mass is 10.1. The van der Waals surface area contributed by atoms with Gasteiger partial charge in [0.15, 0.2) is 0 Å². The maximum Gasteiger partial charge on any atom is 0.332 e. The molecule has 0 spiro atoms. The minimum absolute atomic E-state index is 0.0545. The molecule has 2 aromatic carbocycles. The predicted molar refractivity (Wildman–Crippen MR) is 124 cm³/mol. The van der Waals surface area contributed by atoms with Crippen molar-refractivity contribution in [2.24, 2.45) is 11.5 Å². The van der Waals surface area contributed by atoms with E-state index in [0.717, 1.165) is 22.2 Å². The van der Waals surface area contributed by atoms with Crippen LogP contribution in [0.4, 0.5) is 0 Å². The van der Waals surface area contributed by atoms with Gasteiger partial charge in [-0.2, -0.15) is 0 Å². The fraction of sp³-hybridized carbons (Fsp3) is 0.182. The van der Waals surface area contributed by atoms with Gasteiger partial charge in [-0.25, -0.2) is 9.59 Å². The largest absolute Gasteiger partial charge is 0.479 e. The molecule has 3 rings (SSSR count). The lowest BCUT2D eigenvalue weighted by Gasteiger charge is -2.01. The van der Waals surface area contributed by atoms with Gasteiger partial charge in [-0.15, -0.1) is 0 Å². The van der Waals surface area contributed by atoms with E-state index >= 15 is 0 Å². The molecule has 11 nitrogen and oxygen atoms in total. The summed E-state index contributed by atoms with van der Waals surface area (Å²) in [5.41, 5.74) is 15.3. The van der Waals surface area contributed by atoms with Gasteiger partial charge in [-0.1, -0.05) is 36.4 Å². The third-order valence-electron chi connectivity index (χ3n) is 4.16. The summed E-state index contributed by atoms with van der Waals surface area (Å²) in [7, 11) is 0.